The summed E-state index contributed by atoms with van der Waals surface area (Å²) in [6, 6.07) is 0.831. The second kappa shape index (κ2) is 11.0. The highest BCUT2D eigenvalue weighted by Crippen LogP contribution is 2.42. The standard InChI is InChI=1S/C23H40B3N5O/c1-15-11-20(27-14-23(24,25)26)30-22(28-15)29-18-12-17-6-4-10-32-21(17)19(13-18)16-5-3-8-31(2)9-7-16/h7,15,17-22,27-30H,3-6,8-14H2,1-2H3. The highest BCUT2D eigenvalue weighted by atomic mass is 16.5. The van der Waals surface area contributed by atoms with E-state index in [4.69, 9.17) is 28.3 Å². The van der Waals surface area contributed by atoms with Crippen molar-refractivity contribution in [2.75, 3.05) is 33.3 Å². The van der Waals surface area contributed by atoms with Gasteiger partial charge in [0.1, 0.15) is 6.29 Å². The van der Waals surface area contributed by atoms with Gasteiger partial charge in [0, 0.05) is 31.2 Å². The lowest BCUT2D eigenvalue weighted by atomic mass is 9.43. The Morgan fingerprint density at radius 1 is 1.19 bits per heavy atom. The summed E-state index contributed by atoms with van der Waals surface area (Å²) in [5.41, 5.74) is 1.63. The first-order valence-corrected chi connectivity index (χ1v) is 12.6. The molecule has 3 heterocycles. The summed E-state index contributed by atoms with van der Waals surface area (Å²) in [5.74, 6) is 1.17. The Morgan fingerprint density at radius 3 is 2.84 bits per heavy atom. The van der Waals surface area contributed by atoms with Crippen LogP contribution in [0.1, 0.15) is 51.9 Å². The highest BCUT2D eigenvalue weighted by molar-refractivity contribution is 6.59. The Balaban J connectivity index is 1.40. The Labute approximate surface area is 199 Å². The molecule has 6 nitrogen and oxygen atoms in total. The van der Waals surface area contributed by atoms with Crippen molar-refractivity contribution in [3.05, 3.63) is 11.6 Å². The van der Waals surface area contributed by atoms with Gasteiger partial charge in [0.25, 0.3) is 0 Å². The van der Waals surface area contributed by atoms with E-state index in [0.717, 1.165) is 26.0 Å². The topological polar surface area (TPSA) is 60.6 Å². The van der Waals surface area contributed by atoms with E-state index in [1.165, 1.54) is 38.6 Å². The zero-order chi connectivity index (χ0) is 22.7. The highest BCUT2D eigenvalue weighted by Gasteiger charge is 2.42. The molecule has 2 saturated heterocycles. The molecule has 4 rings (SSSR count). The molecule has 0 bridgehead atoms. The Kier molecular flexibility index (Phi) is 8.50. The molecule has 7 unspecified atom stereocenters. The number of nitrogens with zero attached hydrogens (tertiary/aromatic N) is 1. The average Bonchev–Trinajstić information content (AvgIpc) is 2.95. The van der Waals surface area contributed by atoms with Crippen molar-refractivity contribution in [1.82, 2.24) is 26.2 Å². The normalized spacial score (nSPS) is 39.7. The first-order valence-electron chi connectivity index (χ1n) is 12.6. The lowest BCUT2D eigenvalue weighted by Crippen LogP contribution is -2.69. The molecule has 32 heavy (non-hydrogen) atoms. The van der Waals surface area contributed by atoms with Crippen molar-refractivity contribution in [2.24, 2.45) is 11.8 Å². The van der Waals surface area contributed by atoms with E-state index in [1.807, 2.05) is 0 Å². The number of fused-ring (bicyclic) bond motifs is 1. The van der Waals surface area contributed by atoms with Gasteiger partial charge in [-0.25, -0.2) is 0 Å². The molecule has 3 fully saturated rings. The predicted octanol–water partition coefficient (Wildman–Crippen LogP) is 0.552. The van der Waals surface area contributed by atoms with Crippen LogP contribution in [0.4, 0.5) is 0 Å². The minimum atomic E-state index is -1.20. The van der Waals surface area contributed by atoms with Crippen LogP contribution in [0.2, 0.25) is 5.11 Å². The fraction of sp³-hybridized carbons (Fsp3) is 0.913. The smallest absolute Gasteiger partial charge is 0.113 e. The van der Waals surface area contributed by atoms with E-state index >= 15 is 0 Å². The van der Waals surface area contributed by atoms with E-state index < -0.39 is 5.11 Å². The van der Waals surface area contributed by atoms with E-state index in [-0.39, 0.29) is 12.5 Å². The van der Waals surface area contributed by atoms with Crippen molar-refractivity contribution < 1.29 is 4.74 Å². The van der Waals surface area contributed by atoms with Gasteiger partial charge in [0.2, 0.25) is 0 Å². The van der Waals surface area contributed by atoms with E-state index in [2.05, 4.69) is 46.2 Å². The summed E-state index contributed by atoms with van der Waals surface area (Å²) in [5, 5.41) is 13.4. The molecule has 0 aromatic heterocycles. The largest absolute Gasteiger partial charge is 0.377 e. The van der Waals surface area contributed by atoms with E-state index in [1.54, 1.807) is 5.57 Å². The van der Waals surface area contributed by atoms with Crippen LogP contribution in [0.3, 0.4) is 0 Å². The van der Waals surface area contributed by atoms with Gasteiger partial charge >= 0.3 is 0 Å². The summed E-state index contributed by atoms with van der Waals surface area (Å²) in [4.78, 5) is 2.42. The van der Waals surface area contributed by atoms with Gasteiger partial charge < -0.3 is 15.0 Å². The third-order valence-corrected chi connectivity index (χ3v) is 7.63. The van der Waals surface area contributed by atoms with Crippen molar-refractivity contribution in [1.29, 1.82) is 0 Å². The molecular formula is C23H40B3N5O. The number of hydrogen-bond donors (Lipinski definition) is 4. The van der Waals surface area contributed by atoms with Gasteiger partial charge in [-0.3, -0.25) is 16.0 Å². The lowest BCUT2D eigenvalue weighted by molar-refractivity contribution is -0.0798. The maximum atomic E-state index is 6.39. The minimum absolute atomic E-state index is 0.0416. The van der Waals surface area contributed by atoms with Gasteiger partial charge in [-0.05, 0) is 77.9 Å². The summed E-state index contributed by atoms with van der Waals surface area (Å²) in [7, 11) is 19.5. The molecule has 0 aromatic carbocycles. The van der Waals surface area contributed by atoms with Gasteiger partial charge in [0.15, 0.2) is 0 Å². The minimum Gasteiger partial charge on any atom is -0.377 e. The molecule has 172 valence electrons. The van der Waals surface area contributed by atoms with Crippen LogP contribution in [0.5, 0.6) is 0 Å². The Bertz CT molecular complexity index is 646. The van der Waals surface area contributed by atoms with Crippen LogP contribution in [0, 0.1) is 11.8 Å². The van der Waals surface area contributed by atoms with Crippen LogP contribution in [-0.4, -0.2) is 92.4 Å². The van der Waals surface area contributed by atoms with Crippen LogP contribution in [0.25, 0.3) is 0 Å². The zero-order valence-electron chi connectivity index (χ0n) is 20.0. The summed E-state index contributed by atoms with van der Waals surface area (Å²) >= 11 is 0. The average molecular weight is 435 g/mol. The van der Waals surface area contributed by atoms with Gasteiger partial charge in [-0.15, -0.1) is 5.11 Å². The summed E-state index contributed by atoms with van der Waals surface area (Å²) in [6.07, 6.45) is 11.2. The molecule has 4 N–H and O–H groups in total. The molecular weight excluding hydrogens is 395 g/mol. The van der Waals surface area contributed by atoms with Crippen LogP contribution in [-0.2, 0) is 4.74 Å². The predicted molar refractivity (Wildman–Crippen MR) is 133 cm³/mol. The number of ether oxygens (including phenoxy) is 1. The lowest BCUT2D eigenvalue weighted by Gasteiger charge is -2.47. The quantitative estimate of drug-likeness (QED) is 0.362. The van der Waals surface area contributed by atoms with E-state index in [0.29, 0.717) is 36.6 Å². The molecule has 3 aliphatic heterocycles. The molecule has 9 heteroatoms. The first-order chi connectivity index (χ1) is 15.3. The van der Waals surface area contributed by atoms with Crippen molar-refractivity contribution in [2.45, 2.75) is 87.6 Å². The summed E-state index contributed by atoms with van der Waals surface area (Å²) < 4.78 is 6.39. The molecule has 0 spiro atoms. The second-order valence-corrected chi connectivity index (χ2v) is 10.8. The second-order valence-electron chi connectivity index (χ2n) is 10.8. The molecule has 1 aliphatic carbocycles. The number of nitrogens with one attached hydrogen (secondary N) is 4. The maximum absolute atomic E-state index is 6.39. The Morgan fingerprint density at radius 2 is 2.03 bits per heavy atom. The fourth-order valence-electron chi connectivity index (χ4n) is 6.12. The van der Waals surface area contributed by atoms with Gasteiger partial charge in [0.05, 0.1) is 35.8 Å². The molecule has 0 aromatic rings. The third kappa shape index (κ3) is 6.86. The number of hydrogen-bond acceptors (Lipinski definition) is 6. The number of likely N-dealkylation sites (N-methyl/N-ethyl adjacent to an activating group) is 1. The monoisotopic (exact) mass is 435 g/mol. The Hall–Kier alpha value is -0.305. The first kappa shape index (κ1) is 24.8. The fourth-order valence-corrected chi connectivity index (χ4v) is 6.12. The van der Waals surface area contributed by atoms with Crippen molar-refractivity contribution in [3.8, 4) is 0 Å². The number of rotatable bonds is 6. The summed E-state index contributed by atoms with van der Waals surface area (Å²) in [6.45, 7) is 5.74. The third-order valence-electron chi connectivity index (χ3n) is 7.63. The molecule has 1 saturated carbocycles. The van der Waals surface area contributed by atoms with Crippen LogP contribution in [0.15, 0.2) is 11.6 Å². The van der Waals surface area contributed by atoms with Gasteiger partial charge in [-0.1, -0.05) is 11.6 Å². The molecule has 6 radical (unpaired) electrons. The molecule has 7 atom stereocenters. The molecule has 4 aliphatic rings. The van der Waals surface area contributed by atoms with Crippen LogP contribution < -0.4 is 21.3 Å². The van der Waals surface area contributed by atoms with Gasteiger partial charge in [-0.2, -0.15) is 0 Å². The van der Waals surface area contributed by atoms with Crippen molar-refractivity contribution in [3.63, 3.8) is 0 Å². The zero-order valence-corrected chi connectivity index (χ0v) is 20.0. The molecule has 0 amide bonds. The van der Waals surface area contributed by atoms with Crippen molar-refractivity contribution >= 4 is 23.5 Å². The van der Waals surface area contributed by atoms with E-state index in [9.17, 15) is 0 Å². The SMILES string of the molecule is [B]C([B])([B])CNC1CC(C)NC(NC2CC3CCCOC3C(C3=CCN(C)CCC3)C2)N1. The van der Waals surface area contributed by atoms with Crippen LogP contribution >= 0.6 is 0 Å². The maximum Gasteiger partial charge on any atom is 0.113 e.